The molecular weight excluding hydrogens is 239 g/mol. The number of aliphatic hydroxyl groups excluding tert-OH is 1. The fourth-order valence-corrected chi connectivity index (χ4v) is 2.32. The van der Waals surface area contributed by atoms with E-state index in [4.69, 9.17) is 4.74 Å². The molecule has 0 aromatic heterocycles. The molecule has 96 valence electrons. The van der Waals surface area contributed by atoms with E-state index in [0.717, 1.165) is 11.5 Å². The first kappa shape index (κ1) is 14.3. The van der Waals surface area contributed by atoms with Gasteiger partial charge in [-0.05, 0) is 29.6 Å². The van der Waals surface area contributed by atoms with Crippen molar-refractivity contribution in [2.75, 3.05) is 18.6 Å². The minimum atomic E-state index is -0.490. The molecule has 0 aliphatic rings. The summed E-state index contributed by atoms with van der Waals surface area (Å²) in [4.78, 5) is 0. The molecule has 1 N–H and O–H groups in total. The molecule has 2 nitrogen and oxygen atoms in total. The molecule has 0 radical (unpaired) electrons. The second-order valence-corrected chi connectivity index (χ2v) is 5.17. The second-order valence-electron chi connectivity index (χ2n) is 3.78. The Morgan fingerprint density at radius 1 is 1.47 bits per heavy atom. The Morgan fingerprint density at radius 3 is 2.88 bits per heavy atom. The molecule has 0 fully saturated rings. The van der Waals surface area contributed by atoms with Gasteiger partial charge in [0.2, 0.25) is 0 Å². The molecule has 0 saturated carbocycles. The lowest BCUT2D eigenvalue weighted by Crippen LogP contribution is -2.13. The molecular formula is C13H19FO2S. The first-order valence-electron chi connectivity index (χ1n) is 5.76. The van der Waals surface area contributed by atoms with Gasteiger partial charge >= 0.3 is 0 Å². The summed E-state index contributed by atoms with van der Waals surface area (Å²) in [6.45, 7) is 2.08. The summed E-state index contributed by atoms with van der Waals surface area (Å²) in [5.41, 5.74) is 0.512. The Bertz CT molecular complexity index is 344. The summed E-state index contributed by atoms with van der Waals surface area (Å²) in [7, 11) is 1.44. The van der Waals surface area contributed by atoms with Gasteiger partial charge in [-0.3, -0.25) is 0 Å². The Kier molecular flexibility index (Phi) is 6.37. The predicted molar refractivity (Wildman–Crippen MR) is 70.3 cm³/mol. The Labute approximate surface area is 106 Å². The largest absolute Gasteiger partial charge is 0.494 e. The van der Waals surface area contributed by atoms with E-state index in [0.29, 0.717) is 18.4 Å². The maximum Gasteiger partial charge on any atom is 0.168 e. The molecule has 0 amide bonds. The van der Waals surface area contributed by atoms with Crippen LogP contribution in [0.5, 0.6) is 5.75 Å². The van der Waals surface area contributed by atoms with Crippen molar-refractivity contribution in [1.29, 1.82) is 0 Å². The van der Waals surface area contributed by atoms with Crippen molar-refractivity contribution < 1.29 is 14.2 Å². The molecule has 1 unspecified atom stereocenters. The van der Waals surface area contributed by atoms with Gasteiger partial charge in [-0.25, -0.2) is 4.39 Å². The predicted octanol–water partition coefficient (Wildman–Crippen LogP) is 2.88. The van der Waals surface area contributed by atoms with Crippen LogP contribution in [0.25, 0.3) is 0 Å². The molecule has 0 saturated heterocycles. The van der Waals surface area contributed by atoms with Crippen LogP contribution in [0.2, 0.25) is 0 Å². The van der Waals surface area contributed by atoms with Gasteiger partial charge in [0.25, 0.3) is 0 Å². The number of halogens is 1. The van der Waals surface area contributed by atoms with Crippen molar-refractivity contribution in [3.8, 4) is 5.75 Å². The SMILES string of the molecule is CCSCCC(O)Cc1cccc(OC)c1F. The standard InChI is InChI=1S/C13H19FO2S/c1-3-17-8-7-11(15)9-10-5-4-6-12(16-2)13(10)14/h4-6,11,15H,3,7-9H2,1-2H3. The van der Waals surface area contributed by atoms with E-state index in [1.54, 1.807) is 30.0 Å². The first-order valence-corrected chi connectivity index (χ1v) is 6.91. The van der Waals surface area contributed by atoms with E-state index in [1.807, 2.05) is 0 Å². The van der Waals surface area contributed by atoms with E-state index in [-0.39, 0.29) is 11.6 Å². The summed E-state index contributed by atoms with van der Waals surface area (Å²) in [5, 5.41) is 9.80. The summed E-state index contributed by atoms with van der Waals surface area (Å²) < 4.78 is 18.7. The average Bonchev–Trinajstić information content (AvgIpc) is 2.32. The highest BCUT2D eigenvalue weighted by Gasteiger charge is 2.12. The van der Waals surface area contributed by atoms with Crippen molar-refractivity contribution in [3.63, 3.8) is 0 Å². The number of hydrogen-bond donors (Lipinski definition) is 1. The van der Waals surface area contributed by atoms with Crippen LogP contribution in [0.3, 0.4) is 0 Å². The van der Waals surface area contributed by atoms with E-state index in [1.165, 1.54) is 7.11 Å². The van der Waals surface area contributed by atoms with Crippen LogP contribution in [-0.4, -0.2) is 29.8 Å². The Balaban J connectivity index is 2.55. The van der Waals surface area contributed by atoms with Gasteiger partial charge in [-0.1, -0.05) is 19.1 Å². The number of rotatable bonds is 7. The van der Waals surface area contributed by atoms with Crippen molar-refractivity contribution in [2.45, 2.75) is 25.9 Å². The lowest BCUT2D eigenvalue weighted by atomic mass is 10.1. The van der Waals surface area contributed by atoms with Gasteiger partial charge in [0.15, 0.2) is 11.6 Å². The molecule has 17 heavy (non-hydrogen) atoms. The van der Waals surface area contributed by atoms with Gasteiger partial charge in [0.05, 0.1) is 13.2 Å². The van der Waals surface area contributed by atoms with Crippen LogP contribution < -0.4 is 4.74 Å². The highest BCUT2D eigenvalue weighted by molar-refractivity contribution is 7.99. The first-order chi connectivity index (χ1) is 8.19. The molecule has 1 atom stereocenters. The van der Waals surface area contributed by atoms with Gasteiger partial charge in [0, 0.05) is 6.42 Å². The van der Waals surface area contributed by atoms with Gasteiger partial charge in [-0.15, -0.1) is 0 Å². The van der Waals surface area contributed by atoms with Crippen LogP contribution in [-0.2, 0) is 6.42 Å². The van der Waals surface area contributed by atoms with E-state index < -0.39 is 6.10 Å². The lowest BCUT2D eigenvalue weighted by Gasteiger charge is -2.12. The molecule has 1 aromatic carbocycles. The highest BCUT2D eigenvalue weighted by atomic mass is 32.2. The van der Waals surface area contributed by atoms with E-state index >= 15 is 0 Å². The van der Waals surface area contributed by atoms with Crippen LogP contribution in [0, 0.1) is 5.82 Å². The minimum absolute atomic E-state index is 0.234. The molecule has 1 rings (SSSR count). The third-order valence-electron chi connectivity index (χ3n) is 2.52. The Morgan fingerprint density at radius 2 is 2.24 bits per heavy atom. The number of thioether (sulfide) groups is 1. The van der Waals surface area contributed by atoms with E-state index in [9.17, 15) is 9.50 Å². The zero-order valence-electron chi connectivity index (χ0n) is 10.3. The third kappa shape index (κ3) is 4.56. The topological polar surface area (TPSA) is 29.5 Å². The zero-order chi connectivity index (χ0) is 12.7. The van der Waals surface area contributed by atoms with Crippen molar-refractivity contribution >= 4 is 11.8 Å². The number of ether oxygens (including phenoxy) is 1. The number of aliphatic hydroxyl groups is 1. The van der Waals surface area contributed by atoms with Crippen LogP contribution in [0.4, 0.5) is 4.39 Å². The smallest absolute Gasteiger partial charge is 0.168 e. The quantitative estimate of drug-likeness (QED) is 0.763. The maximum atomic E-state index is 13.8. The van der Waals surface area contributed by atoms with Crippen molar-refractivity contribution in [1.82, 2.24) is 0 Å². The van der Waals surface area contributed by atoms with Gasteiger partial charge in [-0.2, -0.15) is 11.8 Å². The maximum absolute atomic E-state index is 13.8. The molecule has 4 heteroatoms. The van der Waals surface area contributed by atoms with Gasteiger partial charge < -0.3 is 9.84 Å². The Hall–Kier alpha value is -0.740. The third-order valence-corrected chi connectivity index (χ3v) is 3.45. The summed E-state index contributed by atoms with van der Waals surface area (Å²) in [5.74, 6) is 1.82. The fourth-order valence-electron chi connectivity index (χ4n) is 1.59. The minimum Gasteiger partial charge on any atom is -0.494 e. The molecule has 0 aliphatic carbocycles. The zero-order valence-corrected chi connectivity index (χ0v) is 11.1. The highest BCUT2D eigenvalue weighted by Crippen LogP contribution is 2.21. The van der Waals surface area contributed by atoms with Crippen LogP contribution >= 0.6 is 11.8 Å². The summed E-state index contributed by atoms with van der Waals surface area (Å²) in [6, 6.07) is 5.01. The van der Waals surface area contributed by atoms with E-state index in [2.05, 4.69) is 6.92 Å². The molecule has 1 aromatic rings. The number of benzene rings is 1. The molecule has 0 bridgehead atoms. The second kappa shape index (κ2) is 7.56. The summed E-state index contributed by atoms with van der Waals surface area (Å²) in [6.07, 6.45) is 0.540. The van der Waals surface area contributed by atoms with Crippen LogP contribution in [0.15, 0.2) is 18.2 Å². The molecule has 0 aliphatic heterocycles. The number of hydrogen-bond acceptors (Lipinski definition) is 3. The van der Waals surface area contributed by atoms with Crippen LogP contribution in [0.1, 0.15) is 18.9 Å². The normalized spacial score (nSPS) is 12.5. The van der Waals surface area contributed by atoms with Crippen molar-refractivity contribution in [2.24, 2.45) is 0 Å². The lowest BCUT2D eigenvalue weighted by molar-refractivity contribution is 0.170. The summed E-state index contributed by atoms with van der Waals surface area (Å²) >= 11 is 1.78. The van der Waals surface area contributed by atoms with Crippen molar-refractivity contribution in [3.05, 3.63) is 29.6 Å². The molecule has 0 heterocycles. The van der Waals surface area contributed by atoms with Gasteiger partial charge in [0.1, 0.15) is 0 Å². The fraction of sp³-hybridized carbons (Fsp3) is 0.538. The molecule has 0 spiro atoms. The number of methoxy groups -OCH3 is 1. The average molecular weight is 258 g/mol. The monoisotopic (exact) mass is 258 g/mol.